The molecule has 0 bridgehead atoms. The van der Waals surface area contributed by atoms with Crippen molar-refractivity contribution in [3.8, 4) is 0 Å². The average molecular weight is 225 g/mol. The Hall–Kier alpha value is -1.43. The van der Waals surface area contributed by atoms with Gasteiger partial charge in [0.15, 0.2) is 11.4 Å². The van der Waals surface area contributed by atoms with Gasteiger partial charge in [0.25, 0.3) is 0 Å². The van der Waals surface area contributed by atoms with Crippen LogP contribution in [0.15, 0.2) is 6.20 Å². The SMILES string of the molecule is C[C@H]1CCCC[C@]1(O)n1cc(C(=O)O)nn1. The van der Waals surface area contributed by atoms with E-state index in [9.17, 15) is 9.90 Å². The smallest absolute Gasteiger partial charge is 0.358 e. The molecule has 0 radical (unpaired) electrons. The van der Waals surface area contributed by atoms with Crippen LogP contribution in [-0.4, -0.2) is 31.2 Å². The van der Waals surface area contributed by atoms with E-state index in [0.29, 0.717) is 6.42 Å². The fourth-order valence-electron chi connectivity index (χ4n) is 2.20. The van der Waals surface area contributed by atoms with Crippen molar-refractivity contribution in [2.75, 3.05) is 0 Å². The number of hydrogen-bond acceptors (Lipinski definition) is 4. The van der Waals surface area contributed by atoms with Crippen LogP contribution in [0.5, 0.6) is 0 Å². The summed E-state index contributed by atoms with van der Waals surface area (Å²) in [5, 5.41) is 26.5. The maximum absolute atomic E-state index is 10.7. The van der Waals surface area contributed by atoms with Crippen molar-refractivity contribution in [1.82, 2.24) is 15.0 Å². The normalized spacial score (nSPS) is 30.2. The molecular formula is C10H15N3O3. The highest BCUT2D eigenvalue weighted by Gasteiger charge is 2.39. The first-order valence-electron chi connectivity index (χ1n) is 5.42. The molecule has 0 saturated heterocycles. The second-order valence-corrected chi connectivity index (χ2v) is 4.38. The fraction of sp³-hybridized carbons (Fsp3) is 0.700. The first-order valence-corrected chi connectivity index (χ1v) is 5.42. The molecule has 1 heterocycles. The van der Waals surface area contributed by atoms with E-state index in [1.807, 2.05) is 6.92 Å². The van der Waals surface area contributed by atoms with Crippen LogP contribution < -0.4 is 0 Å². The predicted molar refractivity (Wildman–Crippen MR) is 54.8 cm³/mol. The molecule has 0 unspecified atom stereocenters. The number of aliphatic hydroxyl groups is 1. The summed E-state index contributed by atoms with van der Waals surface area (Å²) in [5.74, 6) is -1.07. The number of aromatic carboxylic acids is 1. The standard InChI is InChI=1S/C10H15N3O3/c1-7-4-2-3-5-10(7,16)13-6-8(9(14)15)11-12-13/h6-7,16H,2-5H2,1H3,(H,14,15)/t7-,10+/m0/s1. The van der Waals surface area contributed by atoms with E-state index in [-0.39, 0.29) is 11.6 Å². The molecule has 1 aromatic heterocycles. The third-order valence-electron chi connectivity index (χ3n) is 3.33. The summed E-state index contributed by atoms with van der Waals surface area (Å²) < 4.78 is 1.29. The lowest BCUT2D eigenvalue weighted by Crippen LogP contribution is -2.42. The van der Waals surface area contributed by atoms with Gasteiger partial charge in [-0.2, -0.15) is 0 Å². The molecule has 16 heavy (non-hydrogen) atoms. The molecule has 1 aromatic rings. The Morgan fingerprint density at radius 2 is 2.38 bits per heavy atom. The Morgan fingerprint density at radius 3 is 2.94 bits per heavy atom. The molecule has 2 N–H and O–H groups in total. The van der Waals surface area contributed by atoms with Crippen LogP contribution >= 0.6 is 0 Å². The van der Waals surface area contributed by atoms with Crippen molar-refractivity contribution < 1.29 is 15.0 Å². The number of carbonyl (C=O) groups is 1. The summed E-state index contributed by atoms with van der Waals surface area (Å²) in [6.45, 7) is 1.95. The minimum Gasteiger partial charge on any atom is -0.476 e. The number of carboxylic acid groups (broad SMARTS) is 1. The van der Waals surface area contributed by atoms with Gasteiger partial charge in [0.05, 0.1) is 6.20 Å². The molecule has 1 saturated carbocycles. The lowest BCUT2D eigenvalue weighted by molar-refractivity contribution is -0.121. The predicted octanol–water partition coefficient (Wildman–Crippen LogP) is 0.831. The highest BCUT2D eigenvalue weighted by Crippen LogP contribution is 2.36. The van der Waals surface area contributed by atoms with Gasteiger partial charge in [-0.3, -0.25) is 0 Å². The number of carboxylic acids is 1. The van der Waals surface area contributed by atoms with Gasteiger partial charge in [0.2, 0.25) is 0 Å². The van der Waals surface area contributed by atoms with Gasteiger partial charge >= 0.3 is 5.97 Å². The third kappa shape index (κ3) is 1.69. The molecule has 1 aliphatic rings. The van der Waals surface area contributed by atoms with Gasteiger partial charge in [0, 0.05) is 5.92 Å². The van der Waals surface area contributed by atoms with Crippen molar-refractivity contribution in [1.29, 1.82) is 0 Å². The monoisotopic (exact) mass is 225 g/mol. The lowest BCUT2D eigenvalue weighted by Gasteiger charge is -2.37. The molecule has 0 spiro atoms. The van der Waals surface area contributed by atoms with Crippen LogP contribution in [0.4, 0.5) is 0 Å². The Bertz CT molecular complexity index is 404. The second-order valence-electron chi connectivity index (χ2n) is 4.38. The van der Waals surface area contributed by atoms with Gasteiger partial charge < -0.3 is 10.2 Å². The van der Waals surface area contributed by atoms with Crippen LogP contribution in [-0.2, 0) is 5.72 Å². The first-order chi connectivity index (χ1) is 7.54. The van der Waals surface area contributed by atoms with E-state index in [2.05, 4.69) is 10.3 Å². The third-order valence-corrected chi connectivity index (χ3v) is 3.33. The van der Waals surface area contributed by atoms with E-state index in [4.69, 9.17) is 5.11 Å². The van der Waals surface area contributed by atoms with E-state index in [1.165, 1.54) is 10.9 Å². The van der Waals surface area contributed by atoms with Gasteiger partial charge in [0.1, 0.15) is 0 Å². The second kappa shape index (κ2) is 3.86. The van der Waals surface area contributed by atoms with Gasteiger partial charge in [-0.05, 0) is 19.3 Å². The molecule has 88 valence electrons. The number of aromatic nitrogens is 3. The Balaban J connectivity index is 2.30. The van der Waals surface area contributed by atoms with Crippen LogP contribution in [0.2, 0.25) is 0 Å². The van der Waals surface area contributed by atoms with Crippen LogP contribution in [0.25, 0.3) is 0 Å². The number of nitrogens with zero attached hydrogens (tertiary/aromatic N) is 3. The van der Waals surface area contributed by atoms with E-state index in [1.54, 1.807) is 0 Å². The molecule has 0 amide bonds. The van der Waals surface area contributed by atoms with Gasteiger partial charge in [-0.15, -0.1) is 5.10 Å². The van der Waals surface area contributed by atoms with Crippen LogP contribution in [0.1, 0.15) is 43.1 Å². The maximum atomic E-state index is 10.7. The molecule has 1 aliphatic carbocycles. The quantitative estimate of drug-likeness (QED) is 0.778. The Kier molecular flexibility index (Phi) is 2.67. The van der Waals surface area contributed by atoms with E-state index >= 15 is 0 Å². The summed E-state index contributed by atoms with van der Waals surface area (Å²) in [7, 11) is 0. The van der Waals surface area contributed by atoms with Gasteiger partial charge in [-0.25, -0.2) is 9.48 Å². The maximum Gasteiger partial charge on any atom is 0.358 e. The average Bonchev–Trinajstić information content (AvgIpc) is 2.72. The number of hydrogen-bond donors (Lipinski definition) is 2. The molecule has 6 nitrogen and oxygen atoms in total. The van der Waals surface area contributed by atoms with Crippen molar-refractivity contribution in [2.24, 2.45) is 5.92 Å². The first kappa shape index (κ1) is 11.1. The van der Waals surface area contributed by atoms with Crippen molar-refractivity contribution in [3.63, 3.8) is 0 Å². The minimum atomic E-state index is -1.13. The zero-order chi connectivity index (χ0) is 11.8. The summed E-state index contributed by atoms with van der Waals surface area (Å²) in [5.41, 5.74) is -1.22. The highest BCUT2D eigenvalue weighted by molar-refractivity contribution is 5.84. The molecular weight excluding hydrogens is 210 g/mol. The number of rotatable bonds is 2. The summed E-state index contributed by atoms with van der Waals surface area (Å²) in [6.07, 6.45) is 4.81. The largest absolute Gasteiger partial charge is 0.476 e. The lowest BCUT2D eigenvalue weighted by atomic mass is 9.82. The van der Waals surface area contributed by atoms with Crippen molar-refractivity contribution >= 4 is 5.97 Å². The van der Waals surface area contributed by atoms with Crippen molar-refractivity contribution in [3.05, 3.63) is 11.9 Å². The molecule has 0 aliphatic heterocycles. The van der Waals surface area contributed by atoms with E-state index in [0.717, 1.165) is 19.3 Å². The Labute approximate surface area is 92.9 Å². The molecule has 2 atom stereocenters. The van der Waals surface area contributed by atoms with Crippen LogP contribution in [0, 0.1) is 5.92 Å². The summed E-state index contributed by atoms with van der Waals surface area (Å²) in [6, 6.07) is 0. The molecule has 0 aromatic carbocycles. The fourth-order valence-corrected chi connectivity index (χ4v) is 2.20. The van der Waals surface area contributed by atoms with Gasteiger partial charge in [-0.1, -0.05) is 18.6 Å². The highest BCUT2D eigenvalue weighted by atomic mass is 16.4. The summed E-state index contributed by atoms with van der Waals surface area (Å²) >= 11 is 0. The van der Waals surface area contributed by atoms with Crippen LogP contribution in [0.3, 0.4) is 0 Å². The zero-order valence-corrected chi connectivity index (χ0v) is 9.13. The van der Waals surface area contributed by atoms with E-state index < -0.39 is 11.7 Å². The van der Waals surface area contributed by atoms with Crippen molar-refractivity contribution in [2.45, 2.75) is 38.3 Å². The molecule has 1 fully saturated rings. The molecule has 2 rings (SSSR count). The zero-order valence-electron chi connectivity index (χ0n) is 9.13. The minimum absolute atomic E-state index is 0.0598. The topological polar surface area (TPSA) is 88.2 Å². The molecule has 6 heteroatoms. The summed E-state index contributed by atoms with van der Waals surface area (Å²) in [4.78, 5) is 10.7. The Morgan fingerprint density at radius 1 is 1.62 bits per heavy atom.